The molecule has 0 spiro atoms. The molecule has 1 atom stereocenters. The van der Waals surface area contributed by atoms with E-state index in [9.17, 15) is 0 Å². The van der Waals surface area contributed by atoms with Crippen LogP contribution in [0.2, 0.25) is 0 Å². The number of benzene rings is 1. The summed E-state index contributed by atoms with van der Waals surface area (Å²) in [6.45, 7) is 2.20. The highest BCUT2D eigenvalue weighted by Crippen LogP contribution is 2.33. The van der Waals surface area contributed by atoms with E-state index in [0.717, 1.165) is 12.3 Å². The smallest absolute Gasteiger partial charge is 0.0346 e. The molecule has 1 saturated carbocycles. The van der Waals surface area contributed by atoms with Gasteiger partial charge in [-0.05, 0) is 56.2 Å². The molecule has 1 aromatic rings. The summed E-state index contributed by atoms with van der Waals surface area (Å²) in [5.74, 6) is 0.738. The second-order valence-corrected chi connectivity index (χ2v) is 5.54. The van der Waals surface area contributed by atoms with Gasteiger partial charge in [-0.15, -0.1) is 0 Å². The Bertz CT molecular complexity index is 350. The van der Waals surface area contributed by atoms with Gasteiger partial charge in [0.25, 0.3) is 0 Å². The minimum absolute atomic E-state index is 0.432. The lowest BCUT2D eigenvalue weighted by atomic mass is 9.79. The summed E-state index contributed by atoms with van der Waals surface area (Å²) >= 11 is 0. The minimum Gasteiger partial charge on any atom is -0.328 e. The predicted molar refractivity (Wildman–Crippen MR) is 77.6 cm³/mol. The first-order chi connectivity index (χ1) is 8.74. The zero-order valence-electron chi connectivity index (χ0n) is 11.7. The van der Waals surface area contributed by atoms with Gasteiger partial charge in [-0.25, -0.2) is 0 Å². The lowest BCUT2D eigenvalue weighted by molar-refractivity contribution is 0.262. The van der Waals surface area contributed by atoms with Crippen LogP contribution in [0.4, 0.5) is 0 Å². The molecule has 0 heterocycles. The highest BCUT2D eigenvalue weighted by atomic mass is 14.9. The van der Waals surface area contributed by atoms with Crippen LogP contribution in [0, 0.1) is 5.92 Å². The second kappa shape index (κ2) is 6.35. The number of aryl methyl sites for hydroxylation is 1. The van der Waals surface area contributed by atoms with Crippen molar-refractivity contribution >= 4 is 0 Å². The molecule has 0 amide bonds. The maximum absolute atomic E-state index is 5.99. The molecule has 1 aromatic carbocycles. The predicted octanol–water partition coefficient (Wildman–Crippen LogP) is 3.03. The van der Waals surface area contributed by atoms with E-state index in [0.29, 0.717) is 12.1 Å². The molecular weight excluding hydrogens is 220 g/mol. The Labute approximate surface area is 111 Å². The second-order valence-electron chi connectivity index (χ2n) is 5.54. The Balaban J connectivity index is 2.07. The van der Waals surface area contributed by atoms with E-state index in [1.54, 1.807) is 0 Å². The van der Waals surface area contributed by atoms with Gasteiger partial charge in [-0.3, -0.25) is 0 Å². The van der Waals surface area contributed by atoms with Crippen LogP contribution < -0.4 is 11.1 Å². The van der Waals surface area contributed by atoms with Gasteiger partial charge in [0.2, 0.25) is 0 Å². The highest BCUT2D eigenvalue weighted by molar-refractivity contribution is 5.25. The van der Waals surface area contributed by atoms with Crippen LogP contribution in [0.3, 0.4) is 0 Å². The SMILES string of the molecule is CCc1ccc(C(NC)C2CCC(N)CC2)cc1. The maximum atomic E-state index is 5.99. The van der Waals surface area contributed by atoms with Crippen molar-refractivity contribution in [1.29, 1.82) is 0 Å². The number of nitrogens with two attached hydrogens (primary N) is 1. The molecule has 1 aliphatic carbocycles. The zero-order chi connectivity index (χ0) is 13.0. The van der Waals surface area contributed by atoms with Gasteiger partial charge in [0.05, 0.1) is 0 Å². The fourth-order valence-corrected chi connectivity index (χ4v) is 3.11. The molecule has 1 unspecified atom stereocenters. The van der Waals surface area contributed by atoms with Crippen molar-refractivity contribution < 1.29 is 0 Å². The first kappa shape index (κ1) is 13.6. The Morgan fingerprint density at radius 2 is 1.78 bits per heavy atom. The largest absolute Gasteiger partial charge is 0.328 e. The van der Waals surface area contributed by atoms with E-state index in [4.69, 9.17) is 5.73 Å². The van der Waals surface area contributed by atoms with E-state index in [1.165, 1.54) is 36.8 Å². The van der Waals surface area contributed by atoms with Crippen molar-refractivity contribution in [2.24, 2.45) is 11.7 Å². The standard InChI is InChI=1S/C16H26N2/c1-3-12-4-6-13(7-5-12)16(18-2)14-8-10-15(17)11-9-14/h4-7,14-16,18H,3,8-11,17H2,1-2H3. The molecule has 2 heteroatoms. The van der Waals surface area contributed by atoms with Gasteiger partial charge >= 0.3 is 0 Å². The molecule has 18 heavy (non-hydrogen) atoms. The first-order valence-electron chi connectivity index (χ1n) is 7.26. The topological polar surface area (TPSA) is 38.0 Å². The lowest BCUT2D eigenvalue weighted by Gasteiger charge is -2.32. The van der Waals surface area contributed by atoms with Crippen LogP contribution in [0.25, 0.3) is 0 Å². The number of hydrogen-bond donors (Lipinski definition) is 2. The number of hydrogen-bond acceptors (Lipinski definition) is 2. The van der Waals surface area contributed by atoms with Gasteiger partial charge in [0, 0.05) is 12.1 Å². The molecule has 2 nitrogen and oxygen atoms in total. The zero-order valence-corrected chi connectivity index (χ0v) is 11.7. The number of nitrogens with one attached hydrogen (secondary N) is 1. The fourth-order valence-electron chi connectivity index (χ4n) is 3.11. The van der Waals surface area contributed by atoms with Gasteiger partial charge in [0.15, 0.2) is 0 Å². The Kier molecular flexibility index (Phi) is 4.79. The average molecular weight is 246 g/mol. The first-order valence-corrected chi connectivity index (χ1v) is 7.26. The fraction of sp³-hybridized carbons (Fsp3) is 0.625. The molecule has 0 saturated heterocycles. The van der Waals surface area contributed by atoms with E-state index in [-0.39, 0.29) is 0 Å². The molecule has 100 valence electrons. The van der Waals surface area contributed by atoms with Crippen LogP contribution in [-0.4, -0.2) is 13.1 Å². The third-order valence-corrected chi connectivity index (χ3v) is 4.35. The van der Waals surface area contributed by atoms with E-state index < -0.39 is 0 Å². The third-order valence-electron chi connectivity index (χ3n) is 4.35. The molecule has 3 N–H and O–H groups in total. The van der Waals surface area contributed by atoms with Crippen molar-refractivity contribution in [3.05, 3.63) is 35.4 Å². The van der Waals surface area contributed by atoms with Crippen LogP contribution in [-0.2, 0) is 6.42 Å². The summed E-state index contributed by atoms with van der Waals surface area (Å²) < 4.78 is 0. The third kappa shape index (κ3) is 3.12. The van der Waals surface area contributed by atoms with Crippen LogP contribution >= 0.6 is 0 Å². The van der Waals surface area contributed by atoms with Crippen molar-refractivity contribution in [3.63, 3.8) is 0 Å². The molecule has 0 aromatic heterocycles. The van der Waals surface area contributed by atoms with Crippen LogP contribution in [0.15, 0.2) is 24.3 Å². The maximum Gasteiger partial charge on any atom is 0.0346 e. The van der Waals surface area contributed by atoms with Crippen molar-refractivity contribution in [2.45, 2.75) is 51.1 Å². The number of rotatable bonds is 4. The Morgan fingerprint density at radius 3 is 2.28 bits per heavy atom. The van der Waals surface area contributed by atoms with Crippen LogP contribution in [0.5, 0.6) is 0 Å². The van der Waals surface area contributed by atoms with Crippen molar-refractivity contribution in [2.75, 3.05) is 7.05 Å². The Hall–Kier alpha value is -0.860. The summed E-state index contributed by atoms with van der Waals surface area (Å²) in [7, 11) is 2.08. The lowest BCUT2D eigenvalue weighted by Crippen LogP contribution is -2.33. The molecule has 1 aliphatic rings. The molecular formula is C16H26N2. The van der Waals surface area contributed by atoms with E-state index in [2.05, 4.69) is 43.6 Å². The van der Waals surface area contributed by atoms with Gasteiger partial charge in [-0.2, -0.15) is 0 Å². The molecule has 1 fully saturated rings. The molecule has 0 bridgehead atoms. The van der Waals surface area contributed by atoms with Crippen LogP contribution in [0.1, 0.15) is 49.8 Å². The summed E-state index contributed by atoms with van der Waals surface area (Å²) in [5, 5.41) is 3.50. The minimum atomic E-state index is 0.432. The summed E-state index contributed by atoms with van der Waals surface area (Å²) in [6, 6.07) is 10.0. The molecule has 0 radical (unpaired) electrons. The van der Waals surface area contributed by atoms with Crippen molar-refractivity contribution in [1.82, 2.24) is 5.32 Å². The summed E-state index contributed by atoms with van der Waals surface area (Å²) in [4.78, 5) is 0. The van der Waals surface area contributed by atoms with Gasteiger partial charge < -0.3 is 11.1 Å². The quantitative estimate of drug-likeness (QED) is 0.857. The highest BCUT2D eigenvalue weighted by Gasteiger charge is 2.26. The normalized spacial score (nSPS) is 25.9. The van der Waals surface area contributed by atoms with Gasteiger partial charge in [0.1, 0.15) is 0 Å². The van der Waals surface area contributed by atoms with Crippen molar-refractivity contribution in [3.8, 4) is 0 Å². The molecule has 2 rings (SSSR count). The van der Waals surface area contributed by atoms with E-state index in [1.807, 2.05) is 0 Å². The monoisotopic (exact) mass is 246 g/mol. The Morgan fingerprint density at radius 1 is 1.17 bits per heavy atom. The average Bonchev–Trinajstić information content (AvgIpc) is 2.42. The summed E-state index contributed by atoms with van der Waals surface area (Å²) in [6.07, 6.45) is 5.97. The van der Waals surface area contributed by atoms with E-state index >= 15 is 0 Å². The molecule has 0 aliphatic heterocycles. The van der Waals surface area contributed by atoms with Gasteiger partial charge in [-0.1, -0.05) is 31.2 Å². The summed E-state index contributed by atoms with van der Waals surface area (Å²) in [5.41, 5.74) is 8.84.